The smallest absolute Gasteiger partial charge is 0.306 e. The number of hydrogen-bond acceptors (Lipinski definition) is 3. The fourth-order valence-corrected chi connectivity index (χ4v) is 3.83. The van der Waals surface area contributed by atoms with Crippen LogP contribution in [0.4, 0.5) is 4.39 Å². The molecule has 2 aromatic rings. The van der Waals surface area contributed by atoms with Crippen molar-refractivity contribution in [2.75, 3.05) is 6.61 Å². The minimum atomic E-state index is -0.940. The van der Waals surface area contributed by atoms with Crippen molar-refractivity contribution in [3.05, 3.63) is 34.8 Å². The van der Waals surface area contributed by atoms with Gasteiger partial charge in [-0.1, -0.05) is 0 Å². The molecule has 2 aliphatic rings. The Kier molecular flexibility index (Phi) is 2.97. The molecule has 0 bridgehead atoms. The lowest BCUT2D eigenvalue weighted by Crippen LogP contribution is -2.40. The number of nitrogens with one attached hydrogen (secondary N) is 1. The number of ether oxygens (including phenoxy) is 1. The van der Waals surface area contributed by atoms with E-state index in [1.165, 1.54) is 12.1 Å². The van der Waals surface area contributed by atoms with E-state index in [1.54, 1.807) is 0 Å². The molecule has 0 radical (unpaired) electrons. The third kappa shape index (κ3) is 1.97. The van der Waals surface area contributed by atoms with Crippen molar-refractivity contribution in [2.24, 2.45) is 5.92 Å². The van der Waals surface area contributed by atoms with Gasteiger partial charge in [0, 0.05) is 5.39 Å². The maximum absolute atomic E-state index is 14.2. The monoisotopic (exact) mass is 314 g/mol. The SMILES string of the molecule is N#Cc1ccc(F)c2[nH]c3c(c12)CCOC3(CC(=O)O)C1CC1. The summed E-state index contributed by atoms with van der Waals surface area (Å²) < 4.78 is 20.2. The molecule has 1 unspecified atom stereocenters. The Morgan fingerprint density at radius 3 is 2.96 bits per heavy atom. The molecule has 1 aliphatic carbocycles. The highest BCUT2D eigenvalue weighted by Gasteiger charge is 2.52. The van der Waals surface area contributed by atoms with E-state index in [-0.39, 0.29) is 17.9 Å². The number of carbonyl (C=O) groups is 1. The van der Waals surface area contributed by atoms with Crippen molar-refractivity contribution >= 4 is 16.9 Å². The van der Waals surface area contributed by atoms with Crippen molar-refractivity contribution in [3.8, 4) is 6.07 Å². The van der Waals surface area contributed by atoms with Gasteiger partial charge in [-0.05, 0) is 42.9 Å². The minimum Gasteiger partial charge on any atom is -0.481 e. The number of aliphatic carboxylic acids is 1. The van der Waals surface area contributed by atoms with Crippen LogP contribution in [0.15, 0.2) is 12.1 Å². The molecule has 0 saturated heterocycles. The van der Waals surface area contributed by atoms with Gasteiger partial charge in [0.25, 0.3) is 0 Å². The molecule has 0 amide bonds. The molecule has 2 N–H and O–H groups in total. The lowest BCUT2D eigenvalue weighted by Gasteiger charge is -2.36. The first-order valence-corrected chi connectivity index (χ1v) is 7.66. The van der Waals surface area contributed by atoms with Crippen LogP contribution in [0.1, 0.15) is 36.1 Å². The van der Waals surface area contributed by atoms with Crippen molar-refractivity contribution < 1.29 is 19.0 Å². The van der Waals surface area contributed by atoms with Crippen LogP contribution in [0.5, 0.6) is 0 Å². The maximum atomic E-state index is 14.2. The Bertz CT molecular complexity index is 863. The number of aromatic nitrogens is 1. The molecule has 1 aliphatic heterocycles. The summed E-state index contributed by atoms with van der Waals surface area (Å²) in [4.78, 5) is 14.5. The summed E-state index contributed by atoms with van der Waals surface area (Å²) in [5.41, 5.74) is 1.22. The minimum absolute atomic E-state index is 0.124. The standard InChI is InChI=1S/C17H15FN2O3/c18-12-4-1-9(8-19)14-11-5-6-23-17(7-13(21)22,10-2-3-10)16(11)20-15(12)14/h1,4,10,20H,2-3,5-7H2,(H,21,22). The molecule has 118 valence electrons. The highest BCUT2D eigenvalue weighted by atomic mass is 19.1. The lowest BCUT2D eigenvalue weighted by atomic mass is 9.84. The number of rotatable bonds is 3. The van der Waals surface area contributed by atoms with Crippen molar-refractivity contribution in [2.45, 2.75) is 31.3 Å². The van der Waals surface area contributed by atoms with Gasteiger partial charge in [0.05, 0.1) is 35.9 Å². The fourth-order valence-electron chi connectivity index (χ4n) is 3.83. The first-order chi connectivity index (χ1) is 11.1. The molecule has 6 heteroatoms. The van der Waals surface area contributed by atoms with Gasteiger partial charge in [-0.15, -0.1) is 0 Å². The van der Waals surface area contributed by atoms with E-state index in [0.717, 1.165) is 18.4 Å². The largest absolute Gasteiger partial charge is 0.481 e. The first kappa shape index (κ1) is 14.2. The molecule has 23 heavy (non-hydrogen) atoms. The van der Waals surface area contributed by atoms with Crippen molar-refractivity contribution in [1.29, 1.82) is 5.26 Å². The molecular formula is C17H15FN2O3. The number of fused-ring (bicyclic) bond motifs is 3. The van der Waals surface area contributed by atoms with E-state index in [0.29, 0.717) is 29.7 Å². The van der Waals surface area contributed by atoms with Crippen molar-refractivity contribution in [1.82, 2.24) is 4.98 Å². The first-order valence-electron chi connectivity index (χ1n) is 7.66. The van der Waals surface area contributed by atoms with Crippen LogP contribution in [-0.2, 0) is 21.6 Å². The van der Waals surface area contributed by atoms with Crippen LogP contribution in [0.2, 0.25) is 0 Å². The summed E-state index contributed by atoms with van der Waals surface area (Å²) in [7, 11) is 0. The number of carboxylic acid groups (broad SMARTS) is 1. The third-order valence-corrected chi connectivity index (χ3v) is 4.91. The van der Waals surface area contributed by atoms with Gasteiger partial charge < -0.3 is 14.8 Å². The zero-order valence-electron chi connectivity index (χ0n) is 12.4. The van der Waals surface area contributed by atoms with Crippen LogP contribution in [0.25, 0.3) is 10.9 Å². The maximum Gasteiger partial charge on any atom is 0.306 e. The van der Waals surface area contributed by atoms with Gasteiger partial charge in [0.2, 0.25) is 0 Å². The Morgan fingerprint density at radius 2 is 2.30 bits per heavy atom. The molecule has 1 atom stereocenters. The summed E-state index contributed by atoms with van der Waals surface area (Å²) in [6.07, 6.45) is 2.19. The van der Waals surface area contributed by atoms with Crippen LogP contribution in [0.3, 0.4) is 0 Å². The normalized spacial score (nSPS) is 23.5. The van der Waals surface area contributed by atoms with Gasteiger partial charge in [0.15, 0.2) is 0 Å². The molecular weight excluding hydrogens is 299 g/mol. The number of benzene rings is 1. The van der Waals surface area contributed by atoms with Gasteiger partial charge >= 0.3 is 5.97 Å². The number of nitrogens with zero attached hydrogens (tertiary/aromatic N) is 1. The van der Waals surface area contributed by atoms with Gasteiger partial charge in [-0.2, -0.15) is 5.26 Å². The molecule has 2 heterocycles. The van der Waals surface area contributed by atoms with Crippen LogP contribution >= 0.6 is 0 Å². The predicted octanol–water partition coefficient (Wildman–Crippen LogP) is 2.83. The molecule has 1 aromatic carbocycles. The number of H-pyrrole nitrogens is 1. The van der Waals surface area contributed by atoms with E-state index in [9.17, 15) is 19.6 Å². The molecule has 1 fully saturated rings. The number of hydrogen-bond donors (Lipinski definition) is 2. The highest BCUT2D eigenvalue weighted by molar-refractivity contribution is 5.91. The topological polar surface area (TPSA) is 86.1 Å². The molecule has 5 nitrogen and oxygen atoms in total. The summed E-state index contributed by atoms with van der Waals surface area (Å²) in [6.45, 7) is 0.380. The predicted molar refractivity (Wildman–Crippen MR) is 79.3 cm³/mol. The number of nitriles is 1. The summed E-state index contributed by atoms with van der Waals surface area (Å²) in [6, 6.07) is 4.84. The number of halogens is 1. The Labute approximate surface area is 131 Å². The average Bonchev–Trinajstić information content (AvgIpc) is 3.29. The summed E-state index contributed by atoms with van der Waals surface area (Å²) in [5.74, 6) is -1.25. The highest BCUT2D eigenvalue weighted by Crippen LogP contribution is 2.53. The molecule has 1 saturated carbocycles. The van der Waals surface area contributed by atoms with Crippen LogP contribution in [-0.4, -0.2) is 22.7 Å². The second-order valence-corrected chi connectivity index (χ2v) is 6.27. The quantitative estimate of drug-likeness (QED) is 0.912. The average molecular weight is 314 g/mol. The zero-order valence-corrected chi connectivity index (χ0v) is 12.4. The zero-order chi connectivity index (χ0) is 16.2. The fraction of sp³-hybridized carbons (Fsp3) is 0.412. The number of aromatic amines is 1. The molecule has 1 aromatic heterocycles. The Hall–Kier alpha value is -2.39. The summed E-state index contributed by atoms with van der Waals surface area (Å²) in [5, 5.41) is 19.2. The third-order valence-electron chi connectivity index (χ3n) is 4.91. The summed E-state index contributed by atoms with van der Waals surface area (Å²) >= 11 is 0. The van der Waals surface area contributed by atoms with E-state index in [4.69, 9.17) is 4.74 Å². The number of carboxylic acids is 1. The van der Waals surface area contributed by atoms with Crippen LogP contribution < -0.4 is 0 Å². The Morgan fingerprint density at radius 1 is 1.52 bits per heavy atom. The molecule has 4 rings (SSSR count). The second kappa shape index (κ2) is 4.80. The van der Waals surface area contributed by atoms with E-state index in [1.807, 2.05) is 0 Å². The molecule has 0 spiro atoms. The van der Waals surface area contributed by atoms with Crippen LogP contribution in [0, 0.1) is 23.1 Å². The Balaban J connectivity index is 2.02. The van der Waals surface area contributed by atoms with E-state index >= 15 is 0 Å². The van der Waals surface area contributed by atoms with Crippen molar-refractivity contribution in [3.63, 3.8) is 0 Å². The van der Waals surface area contributed by atoms with E-state index in [2.05, 4.69) is 11.1 Å². The van der Waals surface area contributed by atoms with Gasteiger partial charge in [0.1, 0.15) is 11.4 Å². The lowest BCUT2D eigenvalue weighted by molar-refractivity contribution is -0.151. The van der Waals surface area contributed by atoms with E-state index < -0.39 is 17.4 Å². The second-order valence-electron chi connectivity index (χ2n) is 6.27. The van der Waals surface area contributed by atoms with Gasteiger partial charge in [-0.3, -0.25) is 4.79 Å². The van der Waals surface area contributed by atoms with Gasteiger partial charge in [-0.25, -0.2) is 4.39 Å².